The first-order chi connectivity index (χ1) is 19.4. The first kappa shape index (κ1) is 25.0. The van der Waals surface area contributed by atoms with E-state index in [2.05, 4.69) is 58.8 Å². The highest BCUT2D eigenvalue weighted by atomic mass is 16.5. The number of imide groups is 1. The molecule has 3 aromatic rings. The van der Waals surface area contributed by atoms with Crippen LogP contribution in [0, 0.1) is 0 Å². The van der Waals surface area contributed by atoms with E-state index in [1.54, 1.807) is 4.90 Å². The van der Waals surface area contributed by atoms with Gasteiger partial charge in [0.2, 0.25) is 11.8 Å². The minimum atomic E-state index is -0.617. The van der Waals surface area contributed by atoms with Crippen LogP contribution in [0.25, 0.3) is 11.1 Å². The van der Waals surface area contributed by atoms with Crippen LogP contribution >= 0.6 is 0 Å². The maximum absolute atomic E-state index is 13.2. The number of fused-ring (bicyclic) bond motifs is 4. The summed E-state index contributed by atoms with van der Waals surface area (Å²) in [6, 6.07) is 12.1. The molecule has 1 unspecified atom stereocenters. The molecule has 2 fully saturated rings. The molecule has 0 saturated carbocycles. The Morgan fingerprint density at radius 3 is 2.73 bits per heavy atom. The Balaban J connectivity index is 1.05. The van der Waals surface area contributed by atoms with Crippen molar-refractivity contribution in [3.63, 3.8) is 0 Å². The SMILES string of the molecule is CCn1cc(-c2cccc(CN3CCC4(CC3)COc3c4ccc4c3CN(C3CCC(=O)NC3=O)C4=O)c2)cn1. The number of piperidine rings is 2. The quantitative estimate of drug-likeness (QED) is 0.500. The Hall–Kier alpha value is -3.98. The van der Waals surface area contributed by atoms with Gasteiger partial charge in [-0.3, -0.25) is 29.3 Å². The number of benzene rings is 2. The molecule has 1 spiro atoms. The van der Waals surface area contributed by atoms with Crippen molar-refractivity contribution in [2.24, 2.45) is 0 Å². The van der Waals surface area contributed by atoms with Gasteiger partial charge in [0.05, 0.1) is 19.3 Å². The van der Waals surface area contributed by atoms with Crippen LogP contribution < -0.4 is 10.1 Å². The average molecular weight is 540 g/mol. The van der Waals surface area contributed by atoms with E-state index in [1.807, 2.05) is 16.9 Å². The summed E-state index contributed by atoms with van der Waals surface area (Å²) in [5.41, 5.74) is 6.27. The summed E-state index contributed by atoms with van der Waals surface area (Å²) in [5.74, 6) is 0.00494. The van der Waals surface area contributed by atoms with Gasteiger partial charge in [-0.2, -0.15) is 5.10 Å². The van der Waals surface area contributed by atoms with Crippen molar-refractivity contribution in [1.82, 2.24) is 24.9 Å². The van der Waals surface area contributed by atoms with Gasteiger partial charge in [0.15, 0.2) is 0 Å². The molecule has 1 N–H and O–H groups in total. The van der Waals surface area contributed by atoms with Crippen molar-refractivity contribution >= 4 is 17.7 Å². The van der Waals surface area contributed by atoms with Crippen molar-refractivity contribution < 1.29 is 19.1 Å². The second-order valence-electron chi connectivity index (χ2n) is 11.5. The number of rotatable bonds is 5. The summed E-state index contributed by atoms with van der Waals surface area (Å²) in [6.45, 7) is 6.76. The highest BCUT2D eigenvalue weighted by Crippen LogP contribution is 2.49. The Kier molecular flexibility index (Phi) is 6.00. The van der Waals surface area contributed by atoms with E-state index in [9.17, 15) is 14.4 Å². The van der Waals surface area contributed by atoms with Gasteiger partial charge in [0.1, 0.15) is 11.8 Å². The van der Waals surface area contributed by atoms with E-state index in [-0.39, 0.29) is 29.6 Å². The van der Waals surface area contributed by atoms with E-state index in [0.29, 0.717) is 25.1 Å². The van der Waals surface area contributed by atoms with Crippen LogP contribution in [0.3, 0.4) is 0 Å². The zero-order valence-electron chi connectivity index (χ0n) is 22.7. The normalized spacial score (nSPS) is 21.9. The van der Waals surface area contributed by atoms with E-state index >= 15 is 0 Å². The van der Waals surface area contributed by atoms with Crippen LogP contribution in [0.5, 0.6) is 5.75 Å². The van der Waals surface area contributed by atoms with Crippen molar-refractivity contribution in [3.8, 4) is 16.9 Å². The largest absolute Gasteiger partial charge is 0.492 e. The molecule has 4 aliphatic rings. The summed E-state index contributed by atoms with van der Waals surface area (Å²) >= 11 is 0. The number of nitrogens with one attached hydrogen (secondary N) is 1. The Morgan fingerprint density at radius 1 is 1.10 bits per heavy atom. The van der Waals surface area contributed by atoms with Gasteiger partial charge in [-0.15, -0.1) is 0 Å². The number of hydrogen-bond donors (Lipinski definition) is 1. The lowest BCUT2D eigenvalue weighted by molar-refractivity contribution is -0.136. The fraction of sp³-hybridized carbons (Fsp3) is 0.419. The smallest absolute Gasteiger partial charge is 0.255 e. The number of carbonyl (C=O) groups is 3. The molecule has 0 aliphatic carbocycles. The molecule has 0 radical (unpaired) electrons. The Labute approximate surface area is 233 Å². The summed E-state index contributed by atoms with van der Waals surface area (Å²) in [5, 5.41) is 6.80. The number of carbonyl (C=O) groups excluding carboxylic acids is 3. The number of aromatic nitrogens is 2. The first-order valence-electron chi connectivity index (χ1n) is 14.2. The van der Waals surface area contributed by atoms with Crippen LogP contribution in [0.2, 0.25) is 0 Å². The number of hydrogen-bond acceptors (Lipinski definition) is 6. The predicted octanol–water partition coefficient (Wildman–Crippen LogP) is 3.26. The number of likely N-dealkylation sites (tertiary alicyclic amines) is 1. The standard InChI is InChI=1S/C31H33N5O4/c1-2-35-17-22(15-32-35)21-5-3-4-20(14-21)16-34-12-10-31(11-13-34)19-40-28-24-18-36(26-8-9-27(37)33-29(26)38)30(39)23(24)6-7-25(28)31/h3-7,14-15,17,26H,2,8-13,16,18-19H2,1H3,(H,33,37,38). The molecule has 1 aromatic heterocycles. The second kappa shape index (κ2) is 9.59. The molecule has 3 amide bonds. The summed E-state index contributed by atoms with van der Waals surface area (Å²) in [4.78, 5) is 41.4. The molecule has 206 valence electrons. The molecule has 0 bridgehead atoms. The van der Waals surface area contributed by atoms with E-state index < -0.39 is 6.04 Å². The van der Waals surface area contributed by atoms with Gasteiger partial charge in [-0.05, 0) is 62.5 Å². The minimum absolute atomic E-state index is 0.0530. The molecule has 7 rings (SSSR count). The Morgan fingerprint density at radius 2 is 1.95 bits per heavy atom. The van der Waals surface area contributed by atoms with Crippen LogP contribution in [-0.2, 0) is 34.6 Å². The molecule has 5 heterocycles. The summed E-state index contributed by atoms with van der Waals surface area (Å²) < 4.78 is 8.28. The molecule has 9 heteroatoms. The topological polar surface area (TPSA) is 96.8 Å². The van der Waals surface area contributed by atoms with Crippen molar-refractivity contribution in [3.05, 3.63) is 71.0 Å². The zero-order chi connectivity index (χ0) is 27.4. The van der Waals surface area contributed by atoms with E-state index in [1.165, 1.54) is 16.7 Å². The monoisotopic (exact) mass is 539 g/mol. The molecule has 9 nitrogen and oxygen atoms in total. The molecule has 40 heavy (non-hydrogen) atoms. The molecule has 1 atom stereocenters. The molecular formula is C31H33N5O4. The lowest BCUT2D eigenvalue weighted by Crippen LogP contribution is -2.52. The molecule has 2 aromatic carbocycles. The second-order valence-corrected chi connectivity index (χ2v) is 11.5. The lowest BCUT2D eigenvalue weighted by atomic mass is 9.74. The first-order valence-corrected chi connectivity index (χ1v) is 14.2. The van der Waals surface area contributed by atoms with Crippen LogP contribution in [0.1, 0.15) is 59.7 Å². The van der Waals surface area contributed by atoms with E-state index in [4.69, 9.17) is 4.74 Å². The van der Waals surface area contributed by atoms with Gasteiger partial charge in [0, 0.05) is 53.4 Å². The van der Waals surface area contributed by atoms with E-state index in [0.717, 1.165) is 55.9 Å². The molecule has 4 aliphatic heterocycles. The number of aryl methyl sites for hydroxylation is 1. The highest BCUT2D eigenvalue weighted by Gasteiger charge is 2.47. The number of ether oxygens (including phenoxy) is 1. The minimum Gasteiger partial charge on any atom is -0.492 e. The summed E-state index contributed by atoms with van der Waals surface area (Å²) in [7, 11) is 0. The third-order valence-corrected chi connectivity index (χ3v) is 9.17. The third-order valence-electron chi connectivity index (χ3n) is 9.17. The number of nitrogens with zero attached hydrogens (tertiary/aromatic N) is 4. The van der Waals surface area contributed by atoms with Gasteiger partial charge in [-0.25, -0.2) is 0 Å². The zero-order valence-corrected chi connectivity index (χ0v) is 22.7. The molecular weight excluding hydrogens is 506 g/mol. The maximum atomic E-state index is 13.2. The van der Waals surface area contributed by atoms with Gasteiger partial charge >= 0.3 is 0 Å². The van der Waals surface area contributed by atoms with Gasteiger partial charge < -0.3 is 9.64 Å². The summed E-state index contributed by atoms with van der Waals surface area (Å²) in [6.07, 6.45) is 6.62. The number of amides is 3. The predicted molar refractivity (Wildman–Crippen MR) is 148 cm³/mol. The van der Waals surface area contributed by atoms with Crippen molar-refractivity contribution in [2.75, 3.05) is 19.7 Å². The highest BCUT2D eigenvalue weighted by molar-refractivity contribution is 6.05. The van der Waals surface area contributed by atoms with Crippen molar-refractivity contribution in [1.29, 1.82) is 0 Å². The Bertz CT molecular complexity index is 1520. The van der Waals surface area contributed by atoms with Crippen LogP contribution in [-0.4, -0.2) is 63.0 Å². The van der Waals surface area contributed by atoms with Crippen LogP contribution in [0.15, 0.2) is 48.8 Å². The molecule has 2 saturated heterocycles. The average Bonchev–Trinajstić information content (AvgIpc) is 3.67. The fourth-order valence-electron chi connectivity index (χ4n) is 6.83. The van der Waals surface area contributed by atoms with Gasteiger partial charge in [0.25, 0.3) is 5.91 Å². The third kappa shape index (κ3) is 4.11. The fourth-order valence-corrected chi connectivity index (χ4v) is 6.83. The van der Waals surface area contributed by atoms with Gasteiger partial charge in [-0.1, -0.05) is 24.3 Å². The van der Waals surface area contributed by atoms with Crippen LogP contribution in [0.4, 0.5) is 0 Å². The lowest BCUT2D eigenvalue weighted by Gasteiger charge is -2.38. The maximum Gasteiger partial charge on any atom is 0.255 e. The van der Waals surface area contributed by atoms with Crippen molar-refractivity contribution in [2.45, 2.75) is 63.7 Å².